The van der Waals surface area contributed by atoms with E-state index in [1.807, 2.05) is 0 Å². The molecular weight excluding hydrogens is 267 g/mol. The maximum atomic E-state index is 11.4. The number of hydrogen-bond acceptors (Lipinski definition) is 6. The molecular formula is C6H15LiO6S2Si. The molecule has 0 bridgehead atoms. The molecule has 0 fully saturated rings. The van der Waals surface area contributed by atoms with Crippen LogP contribution in [0.5, 0.6) is 0 Å². The summed E-state index contributed by atoms with van der Waals surface area (Å²) in [5.41, 5.74) is 0. The molecule has 0 aliphatic heterocycles. The molecule has 16 heavy (non-hydrogen) atoms. The summed E-state index contributed by atoms with van der Waals surface area (Å²) in [6.07, 6.45) is 0. The van der Waals surface area contributed by atoms with Crippen molar-refractivity contribution in [1.82, 2.24) is 0 Å². The molecule has 0 amide bonds. The average molecular weight is 282 g/mol. The second-order valence-electron chi connectivity index (χ2n) is 3.75. The van der Waals surface area contributed by atoms with Crippen LogP contribution in [0.2, 0.25) is 19.1 Å². The van der Waals surface area contributed by atoms with Gasteiger partial charge in [0.25, 0.3) is 10.1 Å². The summed E-state index contributed by atoms with van der Waals surface area (Å²) in [7, 11) is -11.7. The van der Waals surface area contributed by atoms with Crippen molar-refractivity contribution in [1.29, 1.82) is 0 Å². The minimum Gasteiger partial charge on any atom is -0.747 e. The first kappa shape index (κ1) is 19.0. The molecule has 0 saturated carbocycles. The maximum absolute atomic E-state index is 11.4. The Morgan fingerprint density at radius 3 is 1.88 bits per heavy atom. The zero-order chi connectivity index (χ0) is 12.5. The maximum Gasteiger partial charge on any atom is 1.00 e. The summed E-state index contributed by atoms with van der Waals surface area (Å²) < 4.78 is 57.2. The van der Waals surface area contributed by atoms with Gasteiger partial charge < -0.3 is 8.42 Å². The summed E-state index contributed by atoms with van der Waals surface area (Å²) in [4.78, 5) is 0. The summed E-state index contributed by atoms with van der Waals surface area (Å²) in [6, 6.07) is 0.512. The second-order valence-corrected chi connectivity index (χ2v) is 12.3. The fourth-order valence-electron chi connectivity index (χ4n) is 0.585. The van der Waals surface area contributed by atoms with Crippen molar-refractivity contribution in [2.45, 2.75) is 37.6 Å². The molecule has 10 heteroatoms. The van der Waals surface area contributed by atoms with Crippen LogP contribution in [0, 0.1) is 0 Å². The zero-order valence-electron chi connectivity index (χ0n) is 10.1. The molecule has 0 N–H and O–H groups in total. The predicted molar refractivity (Wildman–Crippen MR) is 57.1 cm³/mol. The molecule has 0 heterocycles. The Labute approximate surface area is 110 Å². The van der Waals surface area contributed by atoms with Gasteiger partial charge in [-0.05, 0) is 26.1 Å². The van der Waals surface area contributed by atoms with Crippen LogP contribution in [-0.2, 0) is 24.1 Å². The van der Waals surface area contributed by atoms with Crippen LogP contribution in [-0.4, -0.2) is 34.3 Å². The predicted octanol–water partition coefficient (Wildman–Crippen LogP) is -2.55. The van der Waals surface area contributed by atoms with E-state index >= 15 is 0 Å². The number of hydrogen-bond donors (Lipinski definition) is 0. The van der Waals surface area contributed by atoms with Gasteiger partial charge in [0.05, 0.1) is 0 Å². The molecule has 6 nitrogen and oxygen atoms in total. The smallest absolute Gasteiger partial charge is 0.747 e. The summed E-state index contributed by atoms with van der Waals surface area (Å²) >= 11 is 0. The minimum absolute atomic E-state index is 0. The molecule has 0 aromatic heterocycles. The molecule has 0 saturated heterocycles. The van der Waals surface area contributed by atoms with Gasteiger partial charge in [-0.3, -0.25) is 0 Å². The van der Waals surface area contributed by atoms with Crippen molar-refractivity contribution in [2.24, 2.45) is 0 Å². The molecule has 0 aromatic carbocycles. The van der Waals surface area contributed by atoms with Gasteiger partial charge in [-0.1, -0.05) is 6.92 Å². The Morgan fingerprint density at radius 1 is 1.25 bits per heavy atom. The third-order valence-corrected chi connectivity index (χ3v) is 9.48. The van der Waals surface area contributed by atoms with E-state index in [1.165, 1.54) is 0 Å². The quantitative estimate of drug-likeness (QED) is 0.406. The van der Waals surface area contributed by atoms with E-state index in [0.717, 1.165) is 6.92 Å². The topological polar surface area (TPSA) is 101 Å². The van der Waals surface area contributed by atoms with Gasteiger partial charge in [-0.2, -0.15) is 8.42 Å². The molecule has 1 atom stereocenters. The van der Waals surface area contributed by atoms with Gasteiger partial charge in [-0.25, -0.2) is 8.42 Å². The van der Waals surface area contributed by atoms with E-state index in [1.54, 1.807) is 20.0 Å². The largest absolute Gasteiger partial charge is 1.00 e. The average Bonchev–Trinajstić information content (AvgIpc) is 1.99. The van der Waals surface area contributed by atoms with E-state index in [9.17, 15) is 21.4 Å². The van der Waals surface area contributed by atoms with Crippen LogP contribution in [0.3, 0.4) is 0 Å². The van der Waals surface area contributed by atoms with Crippen LogP contribution in [0.1, 0.15) is 13.8 Å². The van der Waals surface area contributed by atoms with Crippen molar-refractivity contribution in [3.8, 4) is 0 Å². The second kappa shape index (κ2) is 5.99. The molecule has 92 valence electrons. The van der Waals surface area contributed by atoms with Gasteiger partial charge in [0.2, 0.25) is 8.32 Å². The van der Waals surface area contributed by atoms with Crippen LogP contribution in [0.4, 0.5) is 0 Å². The van der Waals surface area contributed by atoms with Crippen LogP contribution >= 0.6 is 0 Å². The van der Waals surface area contributed by atoms with E-state index in [2.05, 4.69) is 0 Å². The summed E-state index contributed by atoms with van der Waals surface area (Å²) in [5, 5.41) is 0. The van der Waals surface area contributed by atoms with Crippen molar-refractivity contribution in [3.05, 3.63) is 0 Å². The minimum atomic E-state index is -4.88. The van der Waals surface area contributed by atoms with E-state index < -0.39 is 33.1 Å². The first-order valence-electron chi connectivity index (χ1n) is 4.31. The Kier molecular flexibility index (Phi) is 7.11. The molecule has 0 aliphatic carbocycles. The van der Waals surface area contributed by atoms with Crippen molar-refractivity contribution in [3.63, 3.8) is 0 Å². The first-order chi connectivity index (χ1) is 6.42. The normalized spacial score (nSPS) is 15.3. The van der Waals surface area contributed by atoms with Crippen LogP contribution in [0.25, 0.3) is 0 Å². The third kappa shape index (κ3) is 5.81. The van der Waals surface area contributed by atoms with E-state index in [0.29, 0.717) is 6.04 Å². The third-order valence-electron chi connectivity index (χ3n) is 2.01. The number of rotatable bonds is 5. The van der Waals surface area contributed by atoms with Crippen molar-refractivity contribution in [2.75, 3.05) is 0 Å². The molecule has 0 aromatic rings. The van der Waals surface area contributed by atoms with Crippen molar-refractivity contribution >= 4 is 28.6 Å². The van der Waals surface area contributed by atoms with E-state index in [4.69, 9.17) is 3.87 Å². The van der Waals surface area contributed by atoms with Crippen molar-refractivity contribution < 1.29 is 44.1 Å². The molecule has 0 radical (unpaired) electrons. The molecule has 1 unspecified atom stereocenters. The summed E-state index contributed by atoms with van der Waals surface area (Å²) in [6.45, 7) is 5.83. The standard InChI is InChI=1S/C6H16O6S2Si.Li/c1-5-15(3,4)12-14(10,11)6(2)13(7,8)9;/h6H,5H2,1-4H3,(H,7,8,9);/q;+1/p-1. The molecule has 0 spiro atoms. The Hall–Kier alpha value is 0.634. The van der Waals surface area contributed by atoms with Gasteiger partial charge in [-0.15, -0.1) is 0 Å². The van der Waals surface area contributed by atoms with Gasteiger partial charge in [0.1, 0.15) is 10.1 Å². The fourth-order valence-corrected chi connectivity index (χ4v) is 5.62. The SMILES string of the molecule is CC[Si](C)(C)OS(=O)(=O)C(C)S(=O)(=O)[O-].[Li+]. The first-order valence-corrected chi connectivity index (χ1v) is 10.4. The Balaban J connectivity index is 0. The Morgan fingerprint density at radius 2 is 1.62 bits per heavy atom. The van der Waals surface area contributed by atoms with Crippen LogP contribution in [0.15, 0.2) is 0 Å². The van der Waals surface area contributed by atoms with E-state index in [-0.39, 0.29) is 18.9 Å². The summed E-state index contributed by atoms with van der Waals surface area (Å²) in [5.74, 6) is 0. The molecule has 0 rings (SSSR count). The fraction of sp³-hybridized carbons (Fsp3) is 1.00. The molecule has 0 aliphatic rings. The van der Waals surface area contributed by atoms with Gasteiger partial charge in [0.15, 0.2) is 4.58 Å². The monoisotopic (exact) mass is 282 g/mol. The van der Waals surface area contributed by atoms with Gasteiger partial charge in [0, 0.05) is 0 Å². The zero-order valence-corrected chi connectivity index (χ0v) is 12.7. The van der Waals surface area contributed by atoms with Gasteiger partial charge >= 0.3 is 18.9 Å². The Bertz CT molecular complexity index is 414. The van der Waals surface area contributed by atoms with Crippen LogP contribution < -0.4 is 18.9 Å².